The summed E-state index contributed by atoms with van der Waals surface area (Å²) in [5.74, 6) is -2.22. The molecule has 0 bridgehead atoms. The molecule has 0 spiro atoms. The molecule has 3 fully saturated rings. The highest BCUT2D eigenvalue weighted by Gasteiger charge is 2.72. The summed E-state index contributed by atoms with van der Waals surface area (Å²) < 4.78 is 13.6. The zero-order valence-electron chi connectivity index (χ0n) is 25.9. The van der Waals surface area contributed by atoms with Gasteiger partial charge in [-0.25, -0.2) is 0 Å². The average Bonchev–Trinajstić information content (AvgIpc) is 2.98. The van der Waals surface area contributed by atoms with Crippen molar-refractivity contribution in [3.8, 4) is 0 Å². The number of Topliss-reactive ketones (excluding diaryl/α,β-unsaturated/α-hetero) is 2. The first-order valence-electron chi connectivity index (χ1n) is 15.4. The van der Waals surface area contributed by atoms with Crippen molar-refractivity contribution in [1.29, 1.82) is 0 Å². The Bertz CT molecular complexity index is 1150. The van der Waals surface area contributed by atoms with E-state index in [0.717, 1.165) is 30.4 Å². The van der Waals surface area contributed by atoms with E-state index in [1.54, 1.807) is 6.92 Å². The molecule has 7 heteroatoms. The van der Waals surface area contributed by atoms with Crippen molar-refractivity contribution in [1.82, 2.24) is 0 Å². The van der Waals surface area contributed by atoms with Crippen LogP contribution in [0.25, 0.3) is 0 Å². The summed E-state index contributed by atoms with van der Waals surface area (Å²) >= 11 is 0. The smallest absolute Gasteiger partial charge is 0.306 e. The van der Waals surface area contributed by atoms with Gasteiger partial charge in [0.2, 0.25) is 0 Å². The molecule has 5 rings (SSSR count). The van der Waals surface area contributed by atoms with Crippen LogP contribution in [0.1, 0.15) is 107 Å². The maximum Gasteiger partial charge on any atom is 0.306 e. The van der Waals surface area contributed by atoms with Crippen molar-refractivity contribution in [3.05, 3.63) is 11.1 Å². The van der Waals surface area contributed by atoms with Gasteiger partial charge in [-0.05, 0) is 79.1 Å². The van der Waals surface area contributed by atoms with Crippen LogP contribution < -0.4 is 0 Å². The number of fused-ring (bicyclic) bond motifs is 2. The van der Waals surface area contributed by atoms with E-state index >= 15 is 0 Å². The minimum absolute atomic E-state index is 0.0148. The fourth-order valence-electron chi connectivity index (χ4n) is 10.3. The van der Waals surface area contributed by atoms with Gasteiger partial charge in [0, 0.05) is 30.3 Å². The number of aliphatic carboxylic acids is 1. The Balaban J connectivity index is 1.61. The van der Waals surface area contributed by atoms with Gasteiger partial charge in [-0.1, -0.05) is 48.5 Å². The molecular formula is C33H50O7. The lowest BCUT2D eigenvalue weighted by Gasteiger charge is -2.62. The van der Waals surface area contributed by atoms with E-state index in [2.05, 4.69) is 41.5 Å². The lowest BCUT2D eigenvalue weighted by molar-refractivity contribution is -0.251. The van der Waals surface area contributed by atoms with Crippen LogP contribution >= 0.6 is 0 Å². The number of carbonyl (C=O) groups is 3. The minimum Gasteiger partial charge on any atom is -0.481 e. The van der Waals surface area contributed by atoms with Gasteiger partial charge in [-0.3, -0.25) is 14.4 Å². The van der Waals surface area contributed by atoms with Gasteiger partial charge in [0.15, 0.2) is 11.6 Å². The lowest BCUT2D eigenvalue weighted by Crippen LogP contribution is -2.60. The molecule has 7 nitrogen and oxygen atoms in total. The van der Waals surface area contributed by atoms with E-state index in [4.69, 9.17) is 9.47 Å². The number of aliphatic hydroxyl groups excluding tert-OH is 1. The molecule has 1 aliphatic heterocycles. The predicted molar refractivity (Wildman–Crippen MR) is 150 cm³/mol. The van der Waals surface area contributed by atoms with Crippen molar-refractivity contribution in [2.45, 2.75) is 131 Å². The molecule has 5 aliphatic rings. The van der Waals surface area contributed by atoms with E-state index in [9.17, 15) is 24.6 Å². The first-order valence-corrected chi connectivity index (χ1v) is 15.4. The molecule has 1 saturated heterocycles. The standard InChI is InChI=1S/C33H50O7/c1-17(12-19(34)13-18(2)28(37)38)20-14-25-33(9)27-22(39-30(5,6)40-25)15-23-29(3,4)24(36)10-11-31(23,7)26(27)21(35)16-32(20,33)8/h17-18,20,22-25,36H,10-16H2,1-9H3,(H,37,38). The molecule has 2 saturated carbocycles. The van der Waals surface area contributed by atoms with Gasteiger partial charge in [-0.15, -0.1) is 0 Å². The first kappa shape index (κ1) is 29.9. The number of ketones is 2. The van der Waals surface area contributed by atoms with Crippen LogP contribution in [0, 0.1) is 45.3 Å². The largest absolute Gasteiger partial charge is 0.481 e. The number of hydrogen-bond acceptors (Lipinski definition) is 6. The summed E-state index contributed by atoms with van der Waals surface area (Å²) in [5, 5.41) is 20.4. The van der Waals surface area contributed by atoms with Crippen molar-refractivity contribution in [3.63, 3.8) is 0 Å². The van der Waals surface area contributed by atoms with E-state index in [0.29, 0.717) is 19.3 Å². The van der Waals surface area contributed by atoms with E-state index in [1.807, 2.05) is 13.8 Å². The van der Waals surface area contributed by atoms with Crippen LogP contribution in [0.5, 0.6) is 0 Å². The number of ether oxygens (including phenoxy) is 2. The van der Waals surface area contributed by atoms with Gasteiger partial charge < -0.3 is 19.7 Å². The molecule has 1 heterocycles. The molecule has 10 atom stereocenters. The van der Waals surface area contributed by atoms with Crippen molar-refractivity contribution in [2.75, 3.05) is 0 Å². The second kappa shape index (κ2) is 9.21. The molecule has 40 heavy (non-hydrogen) atoms. The highest BCUT2D eigenvalue weighted by Crippen LogP contribution is 2.73. The van der Waals surface area contributed by atoms with Crippen LogP contribution in [-0.4, -0.2) is 51.8 Å². The lowest BCUT2D eigenvalue weighted by atomic mass is 9.42. The minimum atomic E-state index is -0.954. The number of aliphatic hydroxyl groups is 1. The van der Waals surface area contributed by atoms with Crippen LogP contribution in [0.2, 0.25) is 0 Å². The SMILES string of the molecule is CC(CC(=O)CC(C)C1CC2OC(C)(C)OC3CC4C(C)(CCC(O)C4(C)C)C4=C3C2(C)C1(C)CC4=O)C(=O)O. The number of carbonyl (C=O) groups excluding carboxylic acids is 2. The molecule has 2 N–H and O–H groups in total. The highest BCUT2D eigenvalue weighted by atomic mass is 16.7. The first-order chi connectivity index (χ1) is 18.3. The summed E-state index contributed by atoms with van der Waals surface area (Å²) in [6.45, 7) is 18.6. The molecule has 0 aromatic rings. The number of carboxylic acid groups (broad SMARTS) is 1. The van der Waals surface area contributed by atoms with E-state index in [-0.39, 0.29) is 58.8 Å². The summed E-state index contributed by atoms with van der Waals surface area (Å²) in [5.41, 5.74) is 0.478. The third kappa shape index (κ3) is 4.04. The van der Waals surface area contributed by atoms with Gasteiger partial charge >= 0.3 is 5.97 Å². The molecule has 10 unspecified atom stereocenters. The zero-order chi connectivity index (χ0) is 29.8. The Kier molecular flexibility index (Phi) is 6.89. The van der Waals surface area contributed by atoms with Crippen molar-refractivity contribution in [2.24, 2.45) is 45.3 Å². The highest BCUT2D eigenvalue weighted by molar-refractivity contribution is 6.00. The van der Waals surface area contributed by atoms with E-state index in [1.165, 1.54) is 0 Å². The normalized spacial score (nSPS) is 44.8. The molecule has 0 radical (unpaired) electrons. The molecule has 224 valence electrons. The summed E-state index contributed by atoms with van der Waals surface area (Å²) in [6, 6.07) is 0. The van der Waals surface area contributed by atoms with Gasteiger partial charge in [0.05, 0.1) is 24.2 Å². The van der Waals surface area contributed by atoms with Crippen molar-refractivity contribution >= 4 is 17.5 Å². The third-order valence-corrected chi connectivity index (χ3v) is 12.6. The Hall–Kier alpha value is -1.57. The molecule has 0 aromatic heterocycles. The summed E-state index contributed by atoms with van der Waals surface area (Å²) in [6.07, 6.45) is 2.77. The summed E-state index contributed by atoms with van der Waals surface area (Å²) in [4.78, 5) is 38.8. The zero-order valence-corrected chi connectivity index (χ0v) is 25.9. The molecular weight excluding hydrogens is 508 g/mol. The Morgan fingerprint density at radius 1 is 1.00 bits per heavy atom. The maximum atomic E-state index is 14.5. The molecule has 4 aliphatic carbocycles. The number of rotatable bonds is 6. The maximum absolute atomic E-state index is 14.5. The fraction of sp³-hybridized carbons (Fsp3) is 0.848. The Labute approximate surface area is 239 Å². The fourth-order valence-corrected chi connectivity index (χ4v) is 10.3. The van der Waals surface area contributed by atoms with E-state index < -0.39 is 34.6 Å². The molecule has 0 aromatic carbocycles. The van der Waals surface area contributed by atoms with Gasteiger partial charge in [0.25, 0.3) is 0 Å². The Morgan fingerprint density at radius 2 is 1.65 bits per heavy atom. The van der Waals surface area contributed by atoms with Gasteiger partial charge in [-0.2, -0.15) is 0 Å². The van der Waals surface area contributed by atoms with Crippen LogP contribution in [0.15, 0.2) is 11.1 Å². The summed E-state index contributed by atoms with van der Waals surface area (Å²) in [7, 11) is 0. The predicted octanol–water partition coefficient (Wildman–Crippen LogP) is 5.72. The third-order valence-electron chi connectivity index (χ3n) is 12.6. The number of carboxylic acids is 1. The van der Waals surface area contributed by atoms with Gasteiger partial charge in [0.1, 0.15) is 5.78 Å². The van der Waals surface area contributed by atoms with Crippen molar-refractivity contribution < 1.29 is 34.1 Å². The number of allylic oxidation sites excluding steroid dienone is 1. The van der Waals surface area contributed by atoms with Crippen LogP contribution in [-0.2, 0) is 23.9 Å². The Morgan fingerprint density at radius 3 is 2.27 bits per heavy atom. The second-order valence-electron chi connectivity index (χ2n) is 15.7. The quantitative estimate of drug-likeness (QED) is 0.429. The average molecular weight is 559 g/mol. The monoisotopic (exact) mass is 558 g/mol. The van der Waals surface area contributed by atoms with Crippen LogP contribution in [0.4, 0.5) is 0 Å². The number of hydrogen-bond donors (Lipinski definition) is 2. The molecule has 0 amide bonds. The van der Waals surface area contributed by atoms with Crippen LogP contribution in [0.3, 0.4) is 0 Å². The second-order valence-corrected chi connectivity index (χ2v) is 15.7. The topological polar surface area (TPSA) is 110 Å².